The van der Waals surface area contributed by atoms with E-state index < -0.39 is 5.97 Å². The number of likely N-dealkylation sites (N-methyl/N-ethyl adjacent to an activating group) is 1. The Morgan fingerprint density at radius 3 is 2.46 bits per heavy atom. The topological polar surface area (TPSA) is 59.5 Å². The van der Waals surface area contributed by atoms with Gasteiger partial charge in [0.1, 0.15) is 0 Å². The van der Waals surface area contributed by atoms with E-state index in [0.29, 0.717) is 24.4 Å². The van der Waals surface area contributed by atoms with Crippen LogP contribution in [0.15, 0.2) is 29.6 Å². The molecular formula is C20H26N2O3S. The summed E-state index contributed by atoms with van der Waals surface area (Å²) in [5.74, 6) is -0.506. The number of aromatic nitrogens is 1. The maximum Gasteiger partial charge on any atom is 0.340 e. The lowest BCUT2D eigenvalue weighted by Gasteiger charge is -2.23. The van der Waals surface area contributed by atoms with Crippen molar-refractivity contribution in [1.29, 1.82) is 0 Å². The van der Waals surface area contributed by atoms with Crippen molar-refractivity contribution in [2.75, 3.05) is 18.1 Å². The molecule has 140 valence electrons. The molecule has 1 amide bonds. The van der Waals surface area contributed by atoms with Crippen molar-refractivity contribution in [1.82, 2.24) is 4.98 Å². The molecule has 0 N–H and O–H groups in total. The lowest BCUT2D eigenvalue weighted by Crippen LogP contribution is -2.33. The number of hydrogen-bond acceptors (Lipinski definition) is 5. The zero-order valence-electron chi connectivity index (χ0n) is 16.0. The molecule has 0 spiro atoms. The number of carbonyl (C=O) groups excluding carboxylic acids is 2. The number of ether oxygens (including phenoxy) is 1. The van der Waals surface area contributed by atoms with Gasteiger partial charge in [-0.15, -0.1) is 11.3 Å². The highest BCUT2D eigenvalue weighted by Crippen LogP contribution is 2.27. The normalized spacial score (nSPS) is 11.3. The standard InChI is InChI=1S/C20H26N2O3S/c1-6-22(16-11-9-8-10-15(16)18(24)25-7-2)17(23)12-14-13-26-19(21-14)20(3,4)5/h8-11,13H,6-7,12H2,1-5H3. The molecular weight excluding hydrogens is 348 g/mol. The number of hydrogen-bond donors (Lipinski definition) is 0. The Hall–Kier alpha value is -2.21. The SMILES string of the molecule is CCOC(=O)c1ccccc1N(CC)C(=O)Cc1csc(C(C)(C)C)n1. The quantitative estimate of drug-likeness (QED) is 0.711. The second-order valence-corrected chi connectivity index (χ2v) is 7.80. The fourth-order valence-electron chi connectivity index (χ4n) is 2.55. The van der Waals surface area contributed by atoms with Crippen molar-refractivity contribution in [2.24, 2.45) is 0 Å². The first-order valence-electron chi connectivity index (χ1n) is 8.79. The lowest BCUT2D eigenvalue weighted by atomic mass is 9.98. The molecule has 2 aromatic rings. The molecule has 0 aliphatic carbocycles. The largest absolute Gasteiger partial charge is 0.462 e. The second kappa shape index (κ2) is 8.45. The van der Waals surface area contributed by atoms with Crippen LogP contribution in [0, 0.1) is 0 Å². The molecule has 0 saturated carbocycles. The molecule has 0 aliphatic heterocycles. The van der Waals surface area contributed by atoms with E-state index in [2.05, 4.69) is 25.8 Å². The van der Waals surface area contributed by atoms with Crippen LogP contribution in [0.2, 0.25) is 0 Å². The molecule has 26 heavy (non-hydrogen) atoms. The minimum atomic E-state index is -0.418. The average molecular weight is 375 g/mol. The van der Waals surface area contributed by atoms with E-state index in [1.54, 1.807) is 41.4 Å². The van der Waals surface area contributed by atoms with Gasteiger partial charge in [0.05, 0.1) is 35.0 Å². The Kier molecular flexibility index (Phi) is 6.53. The summed E-state index contributed by atoms with van der Waals surface area (Å²) < 4.78 is 5.11. The smallest absolute Gasteiger partial charge is 0.340 e. The molecule has 1 heterocycles. The van der Waals surface area contributed by atoms with Crippen LogP contribution < -0.4 is 4.90 Å². The van der Waals surface area contributed by atoms with Gasteiger partial charge in [0.2, 0.25) is 5.91 Å². The zero-order chi connectivity index (χ0) is 19.3. The number of para-hydroxylation sites is 1. The number of thiazole rings is 1. The zero-order valence-corrected chi connectivity index (χ0v) is 16.9. The highest BCUT2D eigenvalue weighted by atomic mass is 32.1. The van der Waals surface area contributed by atoms with Crippen molar-refractivity contribution >= 4 is 28.9 Å². The Bertz CT molecular complexity index is 777. The molecule has 0 unspecified atom stereocenters. The van der Waals surface area contributed by atoms with Crippen LogP contribution >= 0.6 is 11.3 Å². The number of rotatable bonds is 6. The number of nitrogens with zero attached hydrogens (tertiary/aromatic N) is 2. The third-order valence-corrected chi connectivity index (χ3v) is 5.15. The van der Waals surface area contributed by atoms with Gasteiger partial charge in [-0.2, -0.15) is 0 Å². The molecule has 0 bridgehead atoms. The van der Waals surface area contributed by atoms with Gasteiger partial charge < -0.3 is 9.64 Å². The third kappa shape index (κ3) is 4.69. The van der Waals surface area contributed by atoms with Crippen molar-refractivity contribution in [3.63, 3.8) is 0 Å². The van der Waals surface area contributed by atoms with Crippen LogP contribution in [0.1, 0.15) is 55.7 Å². The van der Waals surface area contributed by atoms with E-state index in [4.69, 9.17) is 4.74 Å². The number of amides is 1. The predicted octanol–water partition coefficient (Wildman–Crippen LogP) is 4.21. The fraction of sp³-hybridized carbons (Fsp3) is 0.450. The van der Waals surface area contributed by atoms with Crippen LogP contribution in [-0.2, 0) is 21.4 Å². The van der Waals surface area contributed by atoms with Crippen molar-refractivity contribution in [2.45, 2.75) is 46.5 Å². The molecule has 0 radical (unpaired) electrons. The molecule has 6 heteroatoms. The summed E-state index contributed by atoms with van der Waals surface area (Å²) in [6.45, 7) is 10.7. The van der Waals surface area contributed by atoms with Gasteiger partial charge in [0.15, 0.2) is 0 Å². The third-order valence-electron chi connectivity index (χ3n) is 3.83. The van der Waals surface area contributed by atoms with Gasteiger partial charge in [-0.25, -0.2) is 9.78 Å². The van der Waals surface area contributed by atoms with E-state index in [1.807, 2.05) is 18.4 Å². The van der Waals surface area contributed by atoms with E-state index in [1.165, 1.54) is 0 Å². The molecule has 5 nitrogen and oxygen atoms in total. The first-order valence-corrected chi connectivity index (χ1v) is 9.67. The van der Waals surface area contributed by atoms with Gasteiger partial charge in [-0.05, 0) is 26.0 Å². The molecule has 1 aromatic heterocycles. The summed E-state index contributed by atoms with van der Waals surface area (Å²) in [6, 6.07) is 7.04. The Labute approximate surface area is 159 Å². The maximum absolute atomic E-state index is 12.9. The minimum absolute atomic E-state index is 0.0348. The summed E-state index contributed by atoms with van der Waals surface area (Å²) in [7, 11) is 0. The number of anilines is 1. The molecule has 0 fully saturated rings. The first-order chi connectivity index (χ1) is 12.3. The maximum atomic E-state index is 12.9. The van der Waals surface area contributed by atoms with Crippen molar-refractivity contribution < 1.29 is 14.3 Å². The summed E-state index contributed by atoms with van der Waals surface area (Å²) in [6.07, 6.45) is 0.206. The van der Waals surface area contributed by atoms with Crippen LogP contribution in [0.3, 0.4) is 0 Å². The summed E-state index contributed by atoms with van der Waals surface area (Å²) in [4.78, 5) is 31.3. The van der Waals surface area contributed by atoms with Crippen LogP contribution in [0.5, 0.6) is 0 Å². The Morgan fingerprint density at radius 2 is 1.88 bits per heavy atom. The first kappa shape index (κ1) is 20.1. The lowest BCUT2D eigenvalue weighted by molar-refractivity contribution is -0.118. The van der Waals surface area contributed by atoms with Gasteiger partial charge in [0, 0.05) is 17.3 Å². The molecule has 1 aromatic carbocycles. The number of benzene rings is 1. The monoisotopic (exact) mass is 374 g/mol. The second-order valence-electron chi connectivity index (χ2n) is 6.95. The van der Waals surface area contributed by atoms with Crippen LogP contribution in [0.4, 0.5) is 5.69 Å². The fourth-order valence-corrected chi connectivity index (χ4v) is 3.46. The minimum Gasteiger partial charge on any atom is -0.462 e. The van der Waals surface area contributed by atoms with Crippen LogP contribution in [-0.4, -0.2) is 30.0 Å². The van der Waals surface area contributed by atoms with E-state index in [0.717, 1.165) is 10.7 Å². The van der Waals surface area contributed by atoms with Crippen molar-refractivity contribution in [3.8, 4) is 0 Å². The van der Waals surface area contributed by atoms with Gasteiger partial charge in [-0.1, -0.05) is 32.9 Å². The number of carbonyl (C=O) groups is 2. The molecule has 0 saturated heterocycles. The highest BCUT2D eigenvalue weighted by Gasteiger charge is 2.23. The summed E-state index contributed by atoms with van der Waals surface area (Å²) in [5.41, 5.74) is 1.70. The van der Waals surface area contributed by atoms with Gasteiger partial charge >= 0.3 is 5.97 Å². The van der Waals surface area contributed by atoms with E-state index in [9.17, 15) is 9.59 Å². The van der Waals surface area contributed by atoms with E-state index in [-0.39, 0.29) is 17.7 Å². The Balaban J connectivity index is 2.24. The summed E-state index contributed by atoms with van der Waals surface area (Å²) in [5, 5.41) is 2.94. The molecule has 0 aliphatic rings. The molecule has 0 atom stereocenters. The molecule has 2 rings (SSSR count). The average Bonchev–Trinajstić information content (AvgIpc) is 3.05. The Morgan fingerprint density at radius 1 is 1.19 bits per heavy atom. The van der Waals surface area contributed by atoms with Crippen molar-refractivity contribution in [3.05, 3.63) is 45.9 Å². The van der Waals surface area contributed by atoms with Gasteiger partial charge in [0.25, 0.3) is 0 Å². The highest BCUT2D eigenvalue weighted by molar-refractivity contribution is 7.09. The number of esters is 1. The van der Waals surface area contributed by atoms with E-state index >= 15 is 0 Å². The van der Waals surface area contributed by atoms with Crippen LogP contribution in [0.25, 0.3) is 0 Å². The summed E-state index contributed by atoms with van der Waals surface area (Å²) >= 11 is 1.57. The predicted molar refractivity (Wildman–Crippen MR) is 105 cm³/mol. The van der Waals surface area contributed by atoms with Gasteiger partial charge in [-0.3, -0.25) is 4.79 Å².